The molecule has 0 spiro atoms. The average molecular weight is 710 g/mol. The van der Waals surface area contributed by atoms with E-state index in [9.17, 15) is 27.6 Å². The van der Waals surface area contributed by atoms with Gasteiger partial charge in [0, 0.05) is 56.5 Å². The van der Waals surface area contributed by atoms with E-state index in [2.05, 4.69) is 35.9 Å². The van der Waals surface area contributed by atoms with Crippen LogP contribution in [0.2, 0.25) is 5.02 Å². The quantitative estimate of drug-likeness (QED) is 0.202. The molecule has 260 valence electrons. The molecule has 5 aromatic rings. The lowest BCUT2D eigenvalue weighted by Gasteiger charge is -2.18. The fourth-order valence-corrected chi connectivity index (χ4v) is 6.14. The Hall–Kier alpha value is -5.35. The van der Waals surface area contributed by atoms with Crippen molar-refractivity contribution in [3.8, 4) is 28.3 Å². The van der Waals surface area contributed by atoms with Crippen molar-refractivity contribution in [2.75, 3.05) is 19.0 Å². The van der Waals surface area contributed by atoms with Gasteiger partial charge in [0.2, 0.25) is 17.6 Å². The van der Waals surface area contributed by atoms with Crippen molar-refractivity contribution in [2.45, 2.75) is 38.5 Å². The zero-order valence-electron chi connectivity index (χ0n) is 27.3. The van der Waals surface area contributed by atoms with Gasteiger partial charge in [0.05, 0.1) is 24.0 Å². The number of alkyl halides is 3. The Morgan fingerprint density at radius 2 is 1.74 bits per heavy atom. The van der Waals surface area contributed by atoms with Crippen LogP contribution < -0.4 is 31.9 Å². The van der Waals surface area contributed by atoms with Gasteiger partial charge in [0.15, 0.2) is 5.65 Å². The highest BCUT2D eigenvalue weighted by atomic mass is 35.5. The Kier molecular flexibility index (Phi) is 9.33. The number of aromatic nitrogens is 6. The van der Waals surface area contributed by atoms with Crippen LogP contribution >= 0.6 is 11.6 Å². The molecular weight excluding hydrogens is 679 g/mol. The van der Waals surface area contributed by atoms with Gasteiger partial charge >= 0.3 is 11.9 Å². The van der Waals surface area contributed by atoms with Gasteiger partial charge in [0.25, 0.3) is 5.56 Å². The van der Waals surface area contributed by atoms with Gasteiger partial charge in [-0.1, -0.05) is 41.9 Å². The lowest BCUT2D eigenvalue weighted by atomic mass is 9.96. The number of carbonyl (C=O) groups excluding carboxylic acids is 1. The second-order valence-corrected chi connectivity index (χ2v) is 12.1. The minimum absolute atomic E-state index is 0.0379. The summed E-state index contributed by atoms with van der Waals surface area (Å²) in [6, 6.07) is 10.5. The Bertz CT molecular complexity index is 2270. The molecule has 3 N–H and O–H groups in total. The summed E-state index contributed by atoms with van der Waals surface area (Å²) in [6.45, 7) is 2.68. The number of hydrogen-bond acceptors (Lipinski definition) is 10. The Balaban J connectivity index is 1.34. The lowest BCUT2D eigenvalue weighted by Crippen LogP contribution is -2.38. The Labute approximate surface area is 287 Å². The first-order valence-electron chi connectivity index (χ1n) is 15.4. The van der Waals surface area contributed by atoms with Gasteiger partial charge < -0.3 is 20.7 Å². The van der Waals surface area contributed by atoms with Gasteiger partial charge in [-0.3, -0.25) is 23.7 Å². The molecule has 3 aromatic heterocycles. The normalized spacial score (nSPS) is 14.6. The van der Waals surface area contributed by atoms with Crippen LogP contribution in [0.25, 0.3) is 33.4 Å². The number of rotatable bonds is 9. The first-order valence-corrected chi connectivity index (χ1v) is 15.8. The third kappa shape index (κ3) is 6.50. The van der Waals surface area contributed by atoms with Crippen LogP contribution in [-0.4, -0.2) is 54.7 Å². The standard InChI is InChI=1S/C33H31ClF3N9O4/c1-16-18(7-6-10-21(16)41-27-25-28(44-31(43-27)33(35,36)37)45(2)32(49)46(3)30(25)48)19-8-5-9-20(26(19)34)22-15-39-23(29(42-22)50-4)14-38-13-17-11-12-24(47)40-17/h5-10,15,17,38H,11-14H2,1-4H3,(H,40,47)(H,41,43,44)/t17-/m1/s1. The number of hydrogen-bond donors (Lipinski definition) is 3. The molecule has 6 rings (SSSR count). The molecule has 1 saturated heterocycles. The Morgan fingerprint density at radius 1 is 1.02 bits per heavy atom. The maximum atomic E-state index is 13.9. The topological polar surface area (TPSA) is 158 Å². The van der Waals surface area contributed by atoms with Crippen molar-refractivity contribution in [1.29, 1.82) is 0 Å². The predicted molar refractivity (Wildman–Crippen MR) is 180 cm³/mol. The summed E-state index contributed by atoms with van der Waals surface area (Å²) in [4.78, 5) is 53.5. The molecule has 50 heavy (non-hydrogen) atoms. The Morgan fingerprint density at radius 3 is 2.44 bits per heavy atom. The molecule has 13 nitrogen and oxygen atoms in total. The predicted octanol–water partition coefficient (Wildman–Crippen LogP) is 4.25. The van der Waals surface area contributed by atoms with Gasteiger partial charge in [-0.05, 0) is 30.5 Å². The van der Waals surface area contributed by atoms with E-state index in [0.717, 1.165) is 15.6 Å². The molecule has 0 bridgehead atoms. The highest BCUT2D eigenvalue weighted by molar-refractivity contribution is 6.36. The largest absolute Gasteiger partial charge is 0.480 e. The van der Waals surface area contributed by atoms with E-state index < -0.39 is 34.7 Å². The first kappa shape index (κ1) is 34.5. The minimum atomic E-state index is -4.96. The second kappa shape index (κ2) is 13.5. The van der Waals surface area contributed by atoms with Crippen LogP contribution in [-0.2, 0) is 31.6 Å². The molecule has 1 fully saturated rings. The molecule has 1 amide bonds. The van der Waals surface area contributed by atoms with Crippen LogP contribution in [0.15, 0.2) is 52.2 Å². The van der Waals surface area contributed by atoms with Crippen molar-refractivity contribution in [3.63, 3.8) is 0 Å². The highest BCUT2D eigenvalue weighted by Crippen LogP contribution is 2.40. The van der Waals surface area contributed by atoms with Crippen molar-refractivity contribution >= 4 is 40.0 Å². The molecule has 1 aliphatic heterocycles. The summed E-state index contributed by atoms with van der Waals surface area (Å²) >= 11 is 6.99. The molecule has 0 saturated carbocycles. The first-order chi connectivity index (χ1) is 23.8. The number of benzene rings is 2. The number of methoxy groups -OCH3 is 1. The number of fused-ring (bicyclic) bond motifs is 1. The van der Waals surface area contributed by atoms with Crippen molar-refractivity contribution < 1.29 is 22.7 Å². The number of nitrogens with zero attached hydrogens (tertiary/aromatic N) is 6. The van der Waals surface area contributed by atoms with Crippen molar-refractivity contribution in [2.24, 2.45) is 14.1 Å². The molecule has 1 aliphatic rings. The molecule has 4 heterocycles. The number of nitrogens with one attached hydrogen (secondary N) is 3. The monoisotopic (exact) mass is 709 g/mol. The zero-order valence-corrected chi connectivity index (χ0v) is 28.0. The summed E-state index contributed by atoms with van der Waals surface area (Å²) in [5, 5.41) is 9.12. The summed E-state index contributed by atoms with van der Waals surface area (Å²) in [5.74, 6) is -1.59. The molecule has 1 atom stereocenters. The number of carbonyl (C=O) groups is 1. The van der Waals surface area contributed by atoms with E-state index in [1.54, 1.807) is 49.5 Å². The molecule has 0 unspecified atom stereocenters. The lowest BCUT2D eigenvalue weighted by molar-refractivity contribution is -0.144. The van der Waals surface area contributed by atoms with Crippen LogP contribution in [0.1, 0.15) is 29.9 Å². The maximum absolute atomic E-state index is 13.9. The van der Waals surface area contributed by atoms with Crippen molar-refractivity contribution in [1.82, 2.24) is 39.7 Å². The van der Waals surface area contributed by atoms with E-state index in [4.69, 9.17) is 16.3 Å². The molecule has 0 radical (unpaired) electrons. The number of halogens is 4. The fraction of sp³-hybridized carbons (Fsp3) is 0.303. The van der Waals surface area contributed by atoms with Crippen LogP contribution in [0.3, 0.4) is 0 Å². The summed E-state index contributed by atoms with van der Waals surface area (Å²) in [5.41, 5.74) is 1.57. The molecule has 2 aromatic carbocycles. The third-order valence-corrected chi connectivity index (χ3v) is 8.89. The number of aryl methyl sites for hydroxylation is 1. The van der Waals surface area contributed by atoms with Gasteiger partial charge in [-0.25, -0.2) is 19.7 Å². The number of ether oxygens (including phenoxy) is 1. The maximum Gasteiger partial charge on any atom is 0.451 e. The summed E-state index contributed by atoms with van der Waals surface area (Å²) < 4.78 is 48.7. The number of amides is 1. The average Bonchev–Trinajstić information content (AvgIpc) is 3.51. The number of anilines is 2. The van der Waals surface area contributed by atoms with E-state index >= 15 is 0 Å². The highest BCUT2D eigenvalue weighted by Gasteiger charge is 2.36. The molecular formula is C33H31ClF3N9O4. The van der Waals surface area contributed by atoms with Crippen LogP contribution in [0.4, 0.5) is 24.7 Å². The molecule has 0 aliphatic carbocycles. The zero-order chi connectivity index (χ0) is 35.9. The van der Waals surface area contributed by atoms with Crippen molar-refractivity contribution in [3.05, 3.63) is 85.5 Å². The van der Waals surface area contributed by atoms with Gasteiger partial charge in [-0.2, -0.15) is 13.2 Å². The molecule has 17 heteroatoms. The van der Waals surface area contributed by atoms with Crippen LogP contribution in [0.5, 0.6) is 5.88 Å². The minimum Gasteiger partial charge on any atom is -0.480 e. The fourth-order valence-electron chi connectivity index (χ4n) is 5.81. The van der Waals surface area contributed by atoms with E-state index in [-0.39, 0.29) is 17.3 Å². The van der Waals surface area contributed by atoms with Gasteiger partial charge in [-0.15, -0.1) is 0 Å². The van der Waals surface area contributed by atoms with E-state index in [1.807, 2.05) is 0 Å². The SMILES string of the molecule is COc1nc(-c2cccc(-c3cccc(Nc4nc(C(F)(F)F)nc5c4c(=O)n(C)c(=O)n5C)c3C)c2Cl)cnc1CNC[C@H]1CCC(=O)N1. The third-order valence-electron chi connectivity index (χ3n) is 8.48. The smallest absolute Gasteiger partial charge is 0.451 e. The second-order valence-electron chi connectivity index (χ2n) is 11.7. The van der Waals surface area contributed by atoms with Crippen LogP contribution in [0, 0.1) is 6.92 Å². The van der Waals surface area contributed by atoms with Gasteiger partial charge in [0.1, 0.15) is 16.9 Å². The summed E-state index contributed by atoms with van der Waals surface area (Å²) in [6.07, 6.45) is -2.10. The van der Waals surface area contributed by atoms with E-state index in [1.165, 1.54) is 21.2 Å². The summed E-state index contributed by atoms with van der Waals surface area (Å²) in [7, 11) is 3.93. The van der Waals surface area contributed by atoms with E-state index in [0.29, 0.717) is 69.7 Å².